The van der Waals surface area contributed by atoms with Gasteiger partial charge in [-0.1, -0.05) is 26.2 Å². The molecule has 1 atom stereocenters. The van der Waals surface area contributed by atoms with Gasteiger partial charge >= 0.3 is 0 Å². The van der Waals surface area contributed by atoms with Crippen LogP contribution in [0.3, 0.4) is 0 Å². The smallest absolute Gasteiger partial charge is 0.0220 e. The largest absolute Gasteiger partial charge is 0.315 e. The van der Waals surface area contributed by atoms with Crippen LogP contribution < -0.4 is 5.32 Å². The highest BCUT2D eigenvalue weighted by molar-refractivity contribution is 4.82. The van der Waals surface area contributed by atoms with Gasteiger partial charge in [0.25, 0.3) is 0 Å². The number of rotatable bonds is 7. The first-order valence-corrected chi connectivity index (χ1v) is 7.60. The molecule has 2 heteroatoms. The number of nitrogens with one attached hydrogen (secondary N) is 1. The van der Waals surface area contributed by atoms with Gasteiger partial charge in [0.2, 0.25) is 0 Å². The summed E-state index contributed by atoms with van der Waals surface area (Å²) in [7, 11) is 2.14. The first kappa shape index (κ1) is 15.0. The van der Waals surface area contributed by atoms with Gasteiger partial charge in [0.05, 0.1) is 0 Å². The molecule has 0 aromatic carbocycles. The average molecular weight is 240 g/mol. The molecule has 2 nitrogen and oxygen atoms in total. The second kappa shape index (κ2) is 8.10. The SMILES string of the molecule is CCCN(CC(NC)C1CCCCC1)C(C)C. The molecule has 0 aromatic heterocycles. The Bertz CT molecular complexity index is 185. The van der Waals surface area contributed by atoms with Crippen molar-refractivity contribution in [2.24, 2.45) is 5.92 Å². The summed E-state index contributed by atoms with van der Waals surface area (Å²) in [5, 5.41) is 3.57. The van der Waals surface area contributed by atoms with Gasteiger partial charge in [-0.05, 0) is 52.6 Å². The zero-order valence-corrected chi connectivity index (χ0v) is 12.3. The zero-order chi connectivity index (χ0) is 12.7. The Hall–Kier alpha value is -0.0800. The third kappa shape index (κ3) is 4.97. The first-order chi connectivity index (χ1) is 8.19. The van der Waals surface area contributed by atoms with Gasteiger partial charge in [0.15, 0.2) is 0 Å². The number of likely N-dealkylation sites (N-methyl/N-ethyl adjacent to an activating group) is 1. The molecule has 0 heterocycles. The summed E-state index contributed by atoms with van der Waals surface area (Å²) in [6, 6.07) is 1.37. The van der Waals surface area contributed by atoms with Crippen LogP contribution in [0.5, 0.6) is 0 Å². The summed E-state index contributed by atoms with van der Waals surface area (Å²) in [6.45, 7) is 9.39. The van der Waals surface area contributed by atoms with Gasteiger partial charge in [-0.15, -0.1) is 0 Å². The maximum absolute atomic E-state index is 3.57. The minimum absolute atomic E-state index is 0.675. The van der Waals surface area contributed by atoms with Crippen molar-refractivity contribution in [1.29, 1.82) is 0 Å². The summed E-state index contributed by atoms with van der Waals surface area (Å²) in [4.78, 5) is 2.63. The molecular weight excluding hydrogens is 208 g/mol. The topological polar surface area (TPSA) is 15.3 Å². The van der Waals surface area contributed by atoms with Crippen molar-refractivity contribution in [3.8, 4) is 0 Å². The predicted molar refractivity (Wildman–Crippen MR) is 76.4 cm³/mol. The van der Waals surface area contributed by atoms with Gasteiger partial charge in [0.1, 0.15) is 0 Å². The van der Waals surface area contributed by atoms with Crippen molar-refractivity contribution in [3.05, 3.63) is 0 Å². The van der Waals surface area contributed by atoms with E-state index in [1.165, 1.54) is 51.6 Å². The molecule has 1 saturated carbocycles. The van der Waals surface area contributed by atoms with Gasteiger partial charge in [-0.25, -0.2) is 0 Å². The monoisotopic (exact) mass is 240 g/mol. The second-order valence-corrected chi connectivity index (χ2v) is 5.88. The number of hydrogen-bond donors (Lipinski definition) is 1. The molecule has 0 aromatic rings. The fraction of sp³-hybridized carbons (Fsp3) is 1.00. The molecule has 1 rings (SSSR count). The van der Waals surface area contributed by atoms with Crippen molar-refractivity contribution in [3.63, 3.8) is 0 Å². The van der Waals surface area contributed by atoms with Crippen LogP contribution in [0.2, 0.25) is 0 Å². The normalized spacial score (nSPS) is 20.1. The standard InChI is InChI=1S/C15H32N2/c1-5-11-17(13(2)3)12-15(16-4)14-9-7-6-8-10-14/h13-16H,5-12H2,1-4H3. The third-order valence-electron chi connectivity index (χ3n) is 4.26. The Labute approximate surface area is 108 Å². The molecule has 0 amide bonds. The van der Waals surface area contributed by atoms with Crippen molar-refractivity contribution in [2.75, 3.05) is 20.1 Å². The van der Waals surface area contributed by atoms with E-state index in [4.69, 9.17) is 0 Å². The molecule has 0 saturated heterocycles. The van der Waals surface area contributed by atoms with Crippen LogP contribution in [0.1, 0.15) is 59.3 Å². The summed E-state index contributed by atoms with van der Waals surface area (Å²) in [5.41, 5.74) is 0. The molecule has 1 aliphatic rings. The third-order valence-corrected chi connectivity index (χ3v) is 4.26. The molecule has 1 unspecified atom stereocenters. The molecule has 0 radical (unpaired) electrons. The quantitative estimate of drug-likeness (QED) is 0.735. The predicted octanol–water partition coefficient (Wildman–Crippen LogP) is 3.28. The lowest BCUT2D eigenvalue weighted by atomic mass is 9.83. The second-order valence-electron chi connectivity index (χ2n) is 5.88. The minimum Gasteiger partial charge on any atom is -0.315 e. The fourth-order valence-corrected chi connectivity index (χ4v) is 3.11. The van der Waals surface area contributed by atoms with Gasteiger partial charge in [-0.2, -0.15) is 0 Å². The van der Waals surface area contributed by atoms with Crippen LogP contribution in [-0.2, 0) is 0 Å². The summed E-state index contributed by atoms with van der Waals surface area (Å²) in [6.07, 6.45) is 8.47. The minimum atomic E-state index is 0.675. The van der Waals surface area contributed by atoms with Crippen molar-refractivity contribution in [2.45, 2.75) is 71.4 Å². The lowest BCUT2D eigenvalue weighted by Crippen LogP contribution is -2.47. The Kier molecular flexibility index (Phi) is 7.14. The summed E-state index contributed by atoms with van der Waals surface area (Å²) in [5.74, 6) is 0.909. The van der Waals surface area contributed by atoms with E-state index in [1.54, 1.807) is 0 Å². The maximum atomic E-state index is 3.57. The van der Waals surface area contributed by atoms with Crippen molar-refractivity contribution < 1.29 is 0 Å². The Morgan fingerprint density at radius 3 is 2.29 bits per heavy atom. The Balaban J connectivity index is 2.47. The van der Waals surface area contributed by atoms with E-state index < -0.39 is 0 Å². The lowest BCUT2D eigenvalue weighted by molar-refractivity contribution is 0.160. The molecule has 0 spiro atoms. The molecule has 1 N–H and O–H groups in total. The van der Waals surface area contributed by atoms with E-state index in [-0.39, 0.29) is 0 Å². The first-order valence-electron chi connectivity index (χ1n) is 7.60. The maximum Gasteiger partial charge on any atom is 0.0220 e. The molecule has 0 aliphatic heterocycles. The fourth-order valence-electron chi connectivity index (χ4n) is 3.11. The number of hydrogen-bond acceptors (Lipinski definition) is 2. The van der Waals surface area contributed by atoms with Crippen molar-refractivity contribution >= 4 is 0 Å². The Morgan fingerprint density at radius 2 is 1.82 bits per heavy atom. The molecule has 102 valence electrons. The van der Waals surface area contributed by atoms with Gasteiger partial charge < -0.3 is 5.32 Å². The van der Waals surface area contributed by atoms with E-state index in [2.05, 4.69) is 38.0 Å². The molecule has 0 bridgehead atoms. The van der Waals surface area contributed by atoms with E-state index in [0.717, 1.165) is 5.92 Å². The van der Waals surface area contributed by atoms with Gasteiger partial charge in [0, 0.05) is 18.6 Å². The molecule has 1 fully saturated rings. The van der Waals surface area contributed by atoms with Crippen LogP contribution in [-0.4, -0.2) is 37.1 Å². The van der Waals surface area contributed by atoms with Gasteiger partial charge in [-0.3, -0.25) is 4.90 Å². The highest BCUT2D eigenvalue weighted by atomic mass is 15.2. The zero-order valence-electron chi connectivity index (χ0n) is 12.3. The van der Waals surface area contributed by atoms with Crippen LogP contribution >= 0.6 is 0 Å². The summed E-state index contributed by atoms with van der Waals surface area (Å²) >= 11 is 0. The molecule has 1 aliphatic carbocycles. The molecule has 17 heavy (non-hydrogen) atoms. The number of nitrogens with zero attached hydrogens (tertiary/aromatic N) is 1. The van der Waals surface area contributed by atoms with E-state index >= 15 is 0 Å². The average Bonchev–Trinajstić information content (AvgIpc) is 2.35. The van der Waals surface area contributed by atoms with Crippen molar-refractivity contribution in [1.82, 2.24) is 10.2 Å². The van der Waals surface area contributed by atoms with Crippen LogP contribution in [0.25, 0.3) is 0 Å². The van der Waals surface area contributed by atoms with E-state index in [9.17, 15) is 0 Å². The lowest BCUT2D eigenvalue weighted by Gasteiger charge is -2.36. The van der Waals surface area contributed by atoms with Crippen LogP contribution in [0.4, 0.5) is 0 Å². The van der Waals surface area contributed by atoms with Crippen LogP contribution in [0, 0.1) is 5.92 Å². The van der Waals surface area contributed by atoms with Crippen LogP contribution in [0.15, 0.2) is 0 Å². The Morgan fingerprint density at radius 1 is 1.18 bits per heavy atom. The molecular formula is C15H32N2. The van der Waals surface area contributed by atoms with E-state index in [0.29, 0.717) is 12.1 Å². The highest BCUT2D eigenvalue weighted by Crippen LogP contribution is 2.27. The highest BCUT2D eigenvalue weighted by Gasteiger charge is 2.24. The van der Waals surface area contributed by atoms with E-state index in [1.807, 2.05) is 0 Å². The summed E-state index contributed by atoms with van der Waals surface area (Å²) < 4.78 is 0.